The quantitative estimate of drug-likeness (QED) is 0.650. The zero-order valence-electron chi connectivity index (χ0n) is 16.4. The van der Waals surface area contributed by atoms with Crippen molar-refractivity contribution in [3.8, 4) is 5.75 Å². The predicted octanol–water partition coefficient (Wildman–Crippen LogP) is 4.85. The molecule has 2 aliphatic rings. The fraction of sp³-hybridized carbons (Fsp3) is 0.619. The van der Waals surface area contributed by atoms with Gasteiger partial charge in [-0.1, -0.05) is 44.4 Å². The van der Waals surface area contributed by atoms with E-state index in [1.54, 1.807) is 18.9 Å². The number of amides is 1. The second-order valence-corrected chi connectivity index (χ2v) is 8.39. The number of hydrogen-bond acceptors (Lipinski definition) is 5. The lowest BCUT2D eigenvalue weighted by molar-refractivity contribution is -0.122. The van der Waals surface area contributed by atoms with Crippen molar-refractivity contribution >= 4 is 28.5 Å². The molecule has 0 spiro atoms. The van der Waals surface area contributed by atoms with Crippen molar-refractivity contribution in [1.29, 1.82) is 0 Å². The topological polar surface area (TPSA) is 51.1 Å². The van der Waals surface area contributed by atoms with E-state index in [2.05, 4.69) is 16.8 Å². The van der Waals surface area contributed by atoms with Crippen molar-refractivity contribution in [1.82, 2.24) is 0 Å². The van der Waals surface area contributed by atoms with Crippen LogP contribution in [0.1, 0.15) is 51.9 Å². The highest BCUT2D eigenvalue weighted by atomic mass is 32.2. The maximum absolute atomic E-state index is 12.8. The highest BCUT2D eigenvalue weighted by Crippen LogP contribution is 2.38. The Morgan fingerprint density at radius 2 is 1.89 bits per heavy atom. The number of benzene rings is 1. The molecule has 0 radical (unpaired) electrons. The lowest BCUT2D eigenvalue weighted by Gasteiger charge is -2.34. The summed E-state index contributed by atoms with van der Waals surface area (Å²) in [5, 5.41) is 1.23. The third kappa shape index (κ3) is 5.26. The highest BCUT2D eigenvalue weighted by molar-refractivity contribution is 8.14. The molecule has 1 amide bonds. The Labute approximate surface area is 166 Å². The minimum atomic E-state index is 0.0804. The van der Waals surface area contributed by atoms with Gasteiger partial charge in [-0.25, -0.2) is 0 Å². The summed E-state index contributed by atoms with van der Waals surface area (Å²) in [6.45, 7) is 3.23. The monoisotopic (exact) mass is 390 g/mol. The van der Waals surface area contributed by atoms with Crippen LogP contribution in [0.3, 0.4) is 0 Å². The fourth-order valence-electron chi connectivity index (χ4n) is 3.74. The zero-order valence-corrected chi connectivity index (χ0v) is 17.2. The molecule has 6 heteroatoms. The Kier molecular flexibility index (Phi) is 7.59. The van der Waals surface area contributed by atoms with Crippen LogP contribution in [0.5, 0.6) is 5.75 Å². The van der Waals surface area contributed by atoms with E-state index >= 15 is 0 Å². The molecule has 2 atom stereocenters. The number of hydrogen-bond donors (Lipinski definition) is 0. The van der Waals surface area contributed by atoms with Gasteiger partial charge >= 0.3 is 0 Å². The number of methoxy groups -OCH3 is 1. The van der Waals surface area contributed by atoms with Crippen LogP contribution < -0.4 is 9.64 Å². The minimum absolute atomic E-state index is 0.0804. The molecular formula is C21H30N2O3S. The van der Waals surface area contributed by atoms with Crippen LogP contribution in [0.15, 0.2) is 29.3 Å². The van der Waals surface area contributed by atoms with E-state index in [9.17, 15) is 4.79 Å². The maximum atomic E-state index is 12.8. The molecule has 2 unspecified atom stereocenters. The molecule has 5 nitrogen and oxygen atoms in total. The van der Waals surface area contributed by atoms with E-state index < -0.39 is 0 Å². The average Bonchev–Trinajstić information content (AvgIpc) is 2.66. The Balaban J connectivity index is 1.79. The SMILES string of the molecule is CCCN(C1=NC(=O)C2CCCCCCC2S1)c1ccc(OCOC)cc1. The van der Waals surface area contributed by atoms with Gasteiger partial charge in [0.25, 0.3) is 5.91 Å². The number of fused-ring (bicyclic) bond motifs is 1. The standard InChI is InChI=1S/C21H30N2O3S/c1-3-14-23(16-10-12-17(13-11-16)26-15-25-2)21-22-20(24)18-8-6-4-5-7-9-19(18)27-21/h10-13,18-19H,3-9,14-15H2,1-2H3. The smallest absolute Gasteiger partial charge is 0.252 e. The number of anilines is 1. The first kappa shape index (κ1) is 20.2. The van der Waals surface area contributed by atoms with Crippen LogP contribution in [-0.4, -0.2) is 36.8 Å². The van der Waals surface area contributed by atoms with Crippen molar-refractivity contribution < 1.29 is 14.3 Å². The van der Waals surface area contributed by atoms with Crippen LogP contribution in [0.2, 0.25) is 0 Å². The molecule has 1 aromatic rings. The van der Waals surface area contributed by atoms with Gasteiger partial charge in [-0.3, -0.25) is 4.79 Å². The molecular weight excluding hydrogens is 360 g/mol. The molecule has 1 fully saturated rings. The number of carbonyl (C=O) groups is 1. The summed E-state index contributed by atoms with van der Waals surface area (Å²) in [4.78, 5) is 19.5. The summed E-state index contributed by atoms with van der Waals surface area (Å²) in [5.41, 5.74) is 1.05. The number of rotatable bonds is 6. The van der Waals surface area contributed by atoms with Gasteiger partial charge in [0, 0.05) is 24.6 Å². The van der Waals surface area contributed by atoms with Gasteiger partial charge in [0.15, 0.2) is 12.0 Å². The first-order valence-corrected chi connectivity index (χ1v) is 10.9. The molecule has 0 bridgehead atoms. The summed E-state index contributed by atoms with van der Waals surface area (Å²) in [6.07, 6.45) is 8.00. The summed E-state index contributed by atoms with van der Waals surface area (Å²) in [7, 11) is 1.61. The van der Waals surface area contributed by atoms with E-state index in [1.807, 2.05) is 24.3 Å². The van der Waals surface area contributed by atoms with Gasteiger partial charge in [0.2, 0.25) is 0 Å². The van der Waals surface area contributed by atoms with Crippen molar-refractivity contribution in [3.63, 3.8) is 0 Å². The van der Waals surface area contributed by atoms with Gasteiger partial charge in [0.05, 0.1) is 5.92 Å². The third-order valence-electron chi connectivity index (χ3n) is 5.15. The summed E-state index contributed by atoms with van der Waals surface area (Å²) in [5.74, 6) is 0.954. The average molecular weight is 391 g/mol. The van der Waals surface area contributed by atoms with Gasteiger partial charge < -0.3 is 14.4 Å². The van der Waals surface area contributed by atoms with Gasteiger partial charge in [-0.05, 0) is 43.5 Å². The van der Waals surface area contributed by atoms with E-state index in [1.165, 1.54) is 19.3 Å². The highest BCUT2D eigenvalue weighted by Gasteiger charge is 2.36. The van der Waals surface area contributed by atoms with Crippen molar-refractivity contribution in [2.45, 2.75) is 57.1 Å². The molecule has 148 valence electrons. The fourth-order valence-corrected chi connectivity index (χ4v) is 5.18. The van der Waals surface area contributed by atoms with Crippen LogP contribution in [-0.2, 0) is 9.53 Å². The first-order chi connectivity index (χ1) is 13.2. The maximum Gasteiger partial charge on any atom is 0.252 e. The third-order valence-corrected chi connectivity index (χ3v) is 6.54. The molecule has 1 heterocycles. The van der Waals surface area contributed by atoms with Crippen molar-refractivity contribution in [3.05, 3.63) is 24.3 Å². The number of ether oxygens (including phenoxy) is 2. The molecule has 1 aliphatic heterocycles. The van der Waals surface area contributed by atoms with Crippen LogP contribution in [0, 0.1) is 5.92 Å². The van der Waals surface area contributed by atoms with E-state index in [0.29, 0.717) is 5.25 Å². The summed E-state index contributed by atoms with van der Waals surface area (Å²) >= 11 is 1.81. The minimum Gasteiger partial charge on any atom is -0.468 e. The lowest BCUT2D eigenvalue weighted by Crippen LogP contribution is -2.39. The number of thioether (sulfide) groups is 1. The Bertz CT molecular complexity index is 647. The number of aliphatic imine (C=N–C) groups is 1. The normalized spacial score (nSPS) is 23.0. The first-order valence-electron chi connectivity index (χ1n) is 10.0. The van der Waals surface area contributed by atoms with E-state index in [4.69, 9.17) is 9.47 Å². The predicted molar refractivity (Wildman–Crippen MR) is 112 cm³/mol. The number of carbonyl (C=O) groups excluding carboxylic acids is 1. The Hall–Kier alpha value is -1.53. The Morgan fingerprint density at radius 3 is 2.59 bits per heavy atom. The zero-order chi connectivity index (χ0) is 19.1. The second-order valence-electron chi connectivity index (χ2n) is 7.18. The molecule has 1 aliphatic carbocycles. The summed E-state index contributed by atoms with van der Waals surface area (Å²) in [6, 6.07) is 7.92. The molecule has 3 rings (SSSR count). The van der Waals surface area contributed by atoms with E-state index in [-0.39, 0.29) is 18.6 Å². The van der Waals surface area contributed by atoms with Crippen LogP contribution in [0.25, 0.3) is 0 Å². The van der Waals surface area contributed by atoms with Crippen LogP contribution >= 0.6 is 11.8 Å². The molecule has 0 aromatic heterocycles. The second kappa shape index (κ2) is 10.1. The molecule has 1 saturated carbocycles. The molecule has 0 saturated heterocycles. The molecule has 0 N–H and O–H groups in total. The largest absolute Gasteiger partial charge is 0.468 e. The van der Waals surface area contributed by atoms with E-state index in [0.717, 1.165) is 48.8 Å². The van der Waals surface area contributed by atoms with Gasteiger partial charge in [-0.2, -0.15) is 4.99 Å². The molecule has 1 aromatic carbocycles. The van der Waals surface area contributed by atoms with Gasteiger partial charge in [0.1, 0.15) is 5.75 Å². The van der Waals surface area contributed by atoms with Crippen molar-refractivity contribution in [2.75, 3.05) is 25.3 Å². The van der Waals surface area contributed by atoms with Crippen LogP contribution in [0.4, 0.5) is 5.69 Å². The van der Waals surface area contributed by atoms with Gasteiger partial charge in [-0.15, -0.1) is 0 Å². The molecule has 27 heavy (non-hydrogen) atoms. The number of amidine groups is 1. The number of nitrogens with zero attached hydrogens (tertiary/aromatic N) is 2. The summed E-state index contributed by atoms with van der Waals surface area (Å²) < 4.78 is 10.4. The van der Waals surface area contributed by atoms with Crippen molar-refractivity contribution in [2.24, 2.45) is 10.9 Å². The Morgan fingerprint density at radius 1 is 1.15 bits per heavy atom. The lowest BCUT2D eigenvalue weighted by atomic mass is 9.90.